The number of hydrogen-bond acceptors (Lipinski definition) is 6. The lowest BCUT2D eigenvalue weighted by Gasteiger charge is -2.28. The molecular weight excluding hydrogens is 385 g/mol. The zero-order chi connectivity index (χ0) is 20.7. The number of benzene rings is 2. The number of allylic oxidation sites excluding steroid dienone is 2. The molecule has 0 amide bonds. The second-order valence-corrected chi connectivity index (χ2v) is 6.90. The number of hydrogen-bond donors (Lipinski definition) is 1. The highest BCUT2D eigenvalue weighted by Gasteiger charge is 2.31. The number of aldehydes is 1. The summed E-state index contributed by atoms with van der Waals surface area (Å²) in [4.78, 5) is 24.7. The maximum absolute atomic E-state index is 13.9. The number of anilines is 1. The molecule has 0 aliphatic carbocycles. The molecule has 0 saturated heterocycles. The number of ether oxygens (including phenoxy) is 1. The van der Waals surface area contributed by atoms with Crippen LogP contribution >= 0.6 is 0 Å². The summed E-state index contributed by atoms with van der Waals surface area (Å²) in [6.45, 7) is 0.262. The van der Waals surface area contributed by atoms with Gasteiger partial charge in [0.1, 0.15) is 35.5 Å². The fourth-order valence-electron chi connectivity index (χ4n) is 3.76. The molecular formula is C22H16FN5O2. The molecule has 148 valence electrons. The van der Waals surface area contributed by atoms with Crippen LogP contribution in [0.25, 0.3) is 16.7 Å². The molecule has 1 atom stereocenters. The molecule has 30 heavy (non-hydrogen) atoms. The number of rotatable bonds is 4. The third-order valence-electron chi connectivity index (χ3n) is 5.12. The van der Waals surface area contributed by atoms with E-state index in [1.807, 2.05) is 30.3 Å². The smallest absolute Gasteiger partial charge is 0.165 e. The van der Waals surface area contributed by atoms with Gasteiger partial charge in [-0.15, -0.1) is 0 Å². The number of fused-ring (bicyclic) bond motifs is 2. The zero-order valence-electron chi connectivity index (χ0n) is 15.7. The van der Waals surface area contributed by atoms with Crippen LogP contribution in [0, 0.1) is 5.82 Å². The van der Waals surface area contributed by atoms with E-state index < -0.39 is 11.7 Å². The molecule has 8 heteroatoms. The SMILES string of the molecule is Nc1ncnc2c1ncn2CC1=C(c2ccccc2)C(C=O)c2cc(F)ccc2O1. The van der Waals surface area contributed by atoms with Crippen LogP contribution in [-0.2, 0) is 11.3 Å². The van der Waals surface area contributed by atoms with Gasteiger partial charge in [0.05, 0.1) is 18.8 Å². The molecule has 3 heterocycles. The maximum atomic E-state index is 13.9. The Hall–Kier alpha value is -4.07. The summed E-state index contributed by atoms with van der Waals surface area (Å²) in [6.07, 6.45) is 3.79. The minimum absolute atomic E-state index is 0.262. The third-order valence-corrected chi connectivity index (χ3v) is 5.12. The van der Waals surface area contributed by atoms with Crippen LogP contribution in [0.4, 0.5) is 10.2 Å². The largest absolute Gasteiger partial charge is 0.459 e. The van der Waals surface area contributed by atoms with Gasteiger partial charge in [-0.1, -0.05) is 30.3 Å². The molecule has 7 nitrogen and oxygen atoms in total. The van der Waals surface area contributed by atoms with Crippen molar-refractivity contribution in [1.29, 1.82) is 0 Å². The maximum Gasteiger partial charge on any atom is 0.165 e. The Morgan fingerprint density at radius 1 is 1.13 bits per heavy atom. The van der Waals surface area contributed by atoms with Crippen LogP contribution in [0.5, 0.6) is 5.75 Å². The Kier molecular flexibility index (Phi) is 4.24. The van der Waals surface area contributed by atoms with Gasteiger partial charge in [-0.3, -0.25) is 0 Å². The Labute approximate surface area is 170 Å². The zero-order valence-corrected chi connectivity index (χ0v) is 15.7. The van der Waals surface area contributed by atoms with Gasteiger partial charge in [0.25, 0.3) is 0 Å². The van der Waals surface area contributed by atoms with E-state index >= 15 is 0 Å². The first-order valence-corrected chi connectivity index (χ1v) is 9.28. The van der Waals surface area contributed by atoms with E-state index in [2.05, 4.69) is 15.0 Å². The topological polar surface area (TPSA) is 95.9 Å². The highest BCUT2D eigenvalue weighted by Crippen LogP contribution is 2.43. The van der Waals surface area contributed by atoms with Crippen LogP contribution in [0.3, 0.4) is 0 Å². The van der Waals surface area contributed by atoms with Crippen molar-refractivity contribution >= 4 is 28.8 Å². The molecule has 2 aromatic heterocycles. The summed E-state index contributed by atoms with van der Waals surface area (Å²) in [5.41, 5.74) is 8.92. The fraction of sp³-hybridized carbons (Fsp3) is 0.0909. The Morgan fingerprint density at radius 2 is 1.97 bits per heavy atom. The van der Waals surface area contributed by atoms with Gasteiger partial charge in [-0.2, -0.15) is 0 Å². The van der Waals surface area contributed by atoms with E-state index in [-0.39, 0.29) is 12.4 Å². The van der Waals surface area contributed by atoms with E-state index in [0.29, 0.717) is 33.8 Å². The number of nitrogen functional groups attached to an aromatic ring is 1. The number of nitrogens with two attached hydrogens (primary N) is 1. The lowest BCUT2D eigenvalue weighted by Crippen LogP contribution is -2.19. The first-order valence-electron chi connectivity index (χ1n) is 9.28. The van der Waals surface area contributed by atoms with Crippen molar-refractivity contribution in [3.8, 4) is 5.75 Å². The fourth-order valence-corrected chi connectivity index (χ4v) is 3.76. The number of halogens is 1. The van der Waals surface area contributed by atoms with Crippen LogP contribution in [0.15, 0.2) is 66.9 Å². The molecule has 0 fully saturated rings. The number of nitrogens with zero attached hydrogens (tertiary/aromatic N) is 4. The van der Waals surface area contributed by atoms with Gasteiger partial charge in [-0.25, -0.2) is 19.3 Å². The van der Waals surface area contributed by atoms with Crippen molar-refractivity contribution in [3.63, 3.8) is 0 Å². The monoisotopic (exact) mass is 401 g/mol. The summed E-state index contributed by atoms with van der Waals surface area (Å²) < 4.78 is 21.9. The number of carbonyl (C=O) groups excluding carboxylic acids is 1. The Bertz CT molecular complexity index is 1300. The van der Waals surface area contributed by atoms with Crippen LogP contribution in [0.2, 0.25) is 0 Å². The summed E-state index contributed by atoms with van der Waals surface area (Å²) in [6, 6.07) is 13.6. The first-order chi connectivity index (χ1) is 14.7. The van der Waals surface area contributed by atoms with E-state index in [0.717, 1.165) is 11.8 Å². The van der Waals surface area contributed by atoms with Crippen molar-refractivity contribution in [3.05, 3.63) is 83.9 Å². The average molecular weight is 401 g/mol. The number of aromatic nitrogens is 4. The molecule has 0 bridgehead atoms. The summed E-state index contributed by atoms with van der Waals surface area (Å²) >= 11 is 0. The van der Waals surface area contributed by atoms with E-state index in [4.69, 9.17) is 10.5 Å². The molecule has 1 aliphatic rings. The Morgan fingerprint density at radius 3 is 2.77 bits per heavy atom. The predicted octanol–water partition coefficient (Wildman–Crippen LogP) is 3.33. The van der Waals surface area contributed by atoms with Crippen LogP contribution in [-0.4, -0.2) is 25.8 Å². The molecule has 0 spiro atoms. The predicted molar refractivity (Wildman–Crippen MR) is 109 cm³/mol. The van der Waals surface area contributed by atoms with Crippen LogP contribution in [0.1, 0.15) is 17.0 Å². The van der Waals surface area contributed by atoms with Crippen molar-refractivity contribution < 1.29 is 13.9 Å². The Balaban J connectivity index is 1.69. The van der Waals surface area contributed by atoms with Crippen molar-refractivity contribution in [2.45, 2.75) is 12.5 Å². The lowest BCUT2D eigenvalue weighted by molar-refractivity contribution is -0.108. The minimum atomic E-state index is -0.670. The van der Waals surface area contributed by atoms with Gasteiger partial charge < -0.3 is 19.8 Å². The van der Waals surface area contributed by atoms with E-state index in [9.17, 15) is 9.18 Å². The molecule has 2 N–H and O–H groups in total. The third kappa shape index (κ3) is 2.89. The highest BCUT2D eigenvalue weighted by atomic mass is 19.1. The first kappa shape index (κ1) is 18.0. The highest BCUT2D eigenvalue weighted by molar-refractivity contribution is 5.90. The molecule has 1 unspecified atom stereocenters. The summed E-state index contributed by atoms with van der Waals surface area (Å²) in [5.74, 6) is 0.187. The van der Waals surface area contributed by atoms with E-state index in [1.54, 1.807) is 10.9 Å². The lowest BCUT2D eigenvalue weighted by atomic mass is 9.84. The normalized spacial score (nSPS) is 15.7. The van der Waals surface area contributed by atoms with Crippen LogP contribution < -0.4 is 10.5 Å². The molecule has 2 aromatic carbocycles. The molecule has 0 saturated carbocycles. The van der Waals surface area contributed by atoms with Crippen molar-refractivity contribution in [2.24, 2.45) is 0 Å². The second-order valence-electron chi connectivity index (χ2n) is 6.90. The van der Waals surface area contributed by atoms with Crippen molar-refractivity contribution in [1.82, 2.24) is 19.5 Å². The van der Waals surface area contributed by atoms with Crippen molar-refractivity contribution in [2.75, 3.05) is 5.73 Å². The number of carbonyl (C=O) groups is 1. The summed E-state index contributed by atoms with van der Waals surface area (Å²) in [5, 5.41) is 0. The van der Waals surface area contributed by atoms with Gasteiger partial charge in [0.2, 0.25) is 0 Å². The second kappa shape index (κ2) is 7.07. The molecule has 0 radical (unpaired) electrons. The summed E-state index contributed by atoms with van der Waals surface area (Å²) in [7, 11) is 0. The molecule has 4 aromatic rings. The molecule has 5 rings (SSSR count). The minimum Gasteiger partial charge on any atom is -0.459 e. The average Bonchev–Trinajstić information content (AvgIpc) is 3.18. The van der Waals surface area contributed by atoms with Gasteiger partial charge >= 0.3 is 0 Å². The number of imidazole rings is 1. The standard InChI is InChI=1S/C22H16FN5O2/c23-14-6-7-17-15(8-14)16(10-29)19(13-4-2-1-3-5-13)18(30-17)9-28-12-27-20-21(24)25-11-26-22(20)28/h1-8,10-12,16H,9H2,(H2,24,25,26). The van der Waals surface area contributed by atoms with Gasteiger partial charge in [-0.05, 0) is 23.8 Å². The van der Waals surface area contributed by atoms with Gasteiger partial charge in [0, 0.05) is 11.1 Å². The van der Waals surface area contributed by atoms with Gasteiger partial charge in [0.15, 0.2) is 11.5 Å². The van der Waals surface area contributed by atoms with E-state index in [1.165, 1.54) is 24.5 Å². The molecule has 1 aliphatic heterocycles. The quantitative estimate of drug-likeness (QED) is 0.527.